The standard InChI is InChI=1S/C14H16FN3OS/c1-8(16)14-18-12(7-20-14)13(19)17-9(2)10-4-3-5-11(15)6-10/h3-9H,16H2,1-2H3,(H,17,19)/t8?,9-/m0/s1. The Balaban J connectivity index is 2.07. The summed E-state index contributed by atoms with van der Waals surface area (Å²) >= 11 is 1.35. The average Bonchev–Trinajstić information content (AvgIpc) is 2.88. The van der Waals surface area contributed by atoms with E-state index in [9.17, 15) is 9.18 Å². The van der Waals surface area contributed by atoms with Crippen LogP contribution in [0.2, 0.25) is 0 Å². The van der Waals surface area contributed by atoms with Gasteiger partial charge in [-0.1, -0.05) is 12.1 Å². The lowest BCUT2D eigenvalue weighted by Crippen LogP contribution is -2.27. The molecule has 1 amide bonds. The van der Waals surface area contributed by atoms with Crippen LogP contribution in [0, 0.1) is 5.82 Å². The van der Waals surface area contributed by atoms with E-state index in [2.05, 4.69) is 10.3 Å². The molecule has 1 heterocycles. The Bertz CT molecular complexity index is 612. The summed E-state index contributed by atoms with van der Waals surface area (Å²) in [5.41, 5.74) is 6.76. The molecule has 0 saturated carbocycles. The molecule has 2 rings (SSSR count). The van der Waals surface area contributed by atoms with E-state index < -0.39 is 0 Å². The maximum absolute atomic E-state index is 13.1. The van der Waals surface area contributed by atoms with Crippen LogP contribution in [-0.4, -0.2) is 10.9 Å². The minimum absolute atomic E-state index is 0.192. The van der Waals surface area contributed by atoms with Crippen LogP contribution in [0.15, 0.2) is 29.6 Å². The zero-order valence-electron chi connectivity index (χ0n) is 11.3. The van der Waals surface area contributed by atoms with Gasteiger partial charge in [0.1, 0.15) is 16.5 Å². The molecule has 0 saturated heterocycles. The topological polar surface area (TPSA) is 68.0 Å². The lowest BCUT2D eigenvalue weighted by molar-refractivity contribution is 0.0935. The first-order chi connectivity index (χ1) is 9.47. The molecule has 1 aromatic heterocycles. The minimum atomic E-state index is -0.323. The molecule has 1 unspecified atom stereocenters. The summed E-state index contributed by atoms with van der Waals surface area (Å²) in [5.74, 6) is -0.610. The van der Waals surface area contributed by atoms with Gasteiger partial charge in [0.2, 0.25) is 0 Å². The van der Waals surface area contributed by atoms with Crippen molar-refractivity contribution in [1.29, 1.82) is 0 Å². The van der Waals surface area contributed by atoms with Crippen molar-refractivity contribution in [3.63, 3.8) is 0 Å². The molecule has 106 valence electrons. The Morgan fingerprint density at radius 2 is 2.20 bits per heavy atom. The molecule has 0 bridgehead atoms. The summed E-state index contributed by atoms with van der Waals surface area (Å²) in [6.45, 7) is 3.61. The van der Waals surface area contributed by atoms with Crippen LogP contribution in [0.5, 0.6) is 0 Å². The van der Waals surface area contributed by atoms with E-state index in [1.54, 1.807) is 24.4 Å². The SMILES string of the molecule is CC(N)c1nc(C(=O)N[C@@H](C)c2cccc(F)c2)cs1. The zero-order valence-corrected chi connectivity index (χ0v) is 12.1. The fourth-order valence-corrected chi connectivity index (χ4v) is 2.49. The van der Waals surface area contributed by atoms with Crippen LogP contribution in [0.25, 0.3) is 0 Å². The molecule has 0 fully saturated rings. The number of thiazole rings is 1. The fourth-order valence-electron chi connectivity index (χ4n) is 1.73. The van der Waals surface area contributed by atoms with Gasteiger partial charge < -0.3 is 11.1 Å². The lowest BCUT2D eigenvalue weighted by Gasteiger charge is -2.13. The van der Waals surface area contributed by atoms with E-state index >= 15 is 0 Å². The third kappa shape index (κ3) is 3.40. The van der Waals surface area contributed by atoms with Gasteiger partial charge in [-0.25, -0.2) is 9.37 Å². The van der Waals surface area contributed by atoms with E-state index in [1.807, 2.05) is 6.92 Å². The predicted molar refractivity (Wildman–Crippen MR) is 77.0 cm³/mol. The van der Waals surface area contributed by atoms with Crippen LogP contribution >= 0.6 is 11.3 Å². The van der Waals surface area contributed by atoms with Crippen molar-refractivity contribution < 1.29 is 9.18 Å². The molecular formula is C14H16FN3OS. The molecule has 0 aliphatic rings. The summed E-state index contributed by atoms with van der Waals surface area (Å²) in [6.07, 6.45) is 0. The number of halogens is 1. The van der Waals surface area contributed by atoms with Crippen molar-refractivity contribution in [2.45, 2.75) is 25.9 Å². The van der Waals surface area contributed by atoms with Crippen molar-refractivity contribution in [2.24, 2.45) is 5.73 Å². The molecule has 1 aromatic carbocycles. The van der Waals surface area contributed by atoms with E-state index in [0.717, 1.165) is 0 Å². The first-order valence-corrected chi connectivity index (χ1v) is 7.12. The number of carbonyl (C=O) groups excluding carboxylic acids is 1. The van der Waals surface area contributed by atoms with Gasteiger partial charge in [0.15, 0.2) is 0 Å². The summed E-state index contributed by atoms with van der Waals surface area (Å²) in [6, 6.07) is 5.67. The fraction of sp³-hybridized carbons (Fsp3) is 0.286. The van der Waals surface area contributed by atoms with Crippen LogP contribution in [0.3, 0.4) is 0 Å². The van der Waals surface area contributed by atoms with E-state index in [1.165, 1.54) is 23.5 Å². The minimum Gasteiger partial charge on any atom is -0.344 e. The number of hydrogen-bond donors (Lipinski definition) is 2. The number of nitrogens with zero attached hydrogens (tertiary/aromatic N) is 1. The number of carbonyl (C=O) groups is 1. The molecule has 0 aliphatic carbocycles. The van der Waals surface area contributed by atoms with Crippen LogP contribution < -0.4 is 11.1 Å². The Hall–Kier alpha value is -1.79. The Morgan fingerprint density at radius 1 is 1.45 bits per heavy atom. The van der Waals surface area contributed by atoms with Gasteiger partial charge >= 0.3 is 0 Å². The molecule has 2 aromatic rings. The normalized spacial score (nSPS) is 13.8. The third-order valence-corrected chi connectivity index (χ3v) is 3.89. The third-order valence-electron chi connectivity index (χ3n) is 2.84. The Morgan fingerprint density at radius 3 is 2.80 bits per heavy atom. The highest BCUT2D eigenvalue weighted by Crippen LogP contribution is 2.18. The van der Waals surface area contributed by atoms with Crippen molar-refractivity contribution in [1.82, 2.24) is 10.3 Å². The van der Waals surface area contributed by atoms with Crippen molar-refractivity contribution in [3.8, 4) is 0 Å². The number of nitrogens with one attached hydrogen (secondary N) is 1. The van der Waals surface area contributed by atoms with E-state index in [0.29, 0.717) is 16.3 Å². The smallest absolute Gasteiger partial charge is 0.271 e. The van der Waals surface area contributed by atoms with Gasteiger partial charge in [0, 0.05) is 5.38 Å². The Kier molecular flexibility index (Phi) is 4.46. The molecule has 3 N–H and O–H groups in total. The van der Waals surface area contributed by atoms with Crippen LogP contribution in [-0.2, 0) is 0 Å². The number of nitrogens with two attached hydrogens (primary N) is 1. The number of benzene rings is 1. The van der Waals surface area contributed by atoms with Gasteiger partial charge in [-0.05, 0) is 31.5 Å². The van der Waals surface area contributed by atoms with Gasteiger partial charge in [0.05, 0.1) is 12.1 Å². The highest BCUT2D eigenvalue weighted by molar-refractivity contribution is 7.09. The van der Waals surface area contributed by atoms with Gasteiger partial charge in [-0.2, -0.15) is 0 Å². The molecular weight excluding hydrogens is 277 g/mol. The highest BCUT2D eigenvalue weighted by atomic mass is 32.1. The second-order valence-corrected chi connectivity index (χ2v) is 5.50. The van der Waals surface area contributed by atoms with Crippen molar-refractivity contribution in [3.05, 3.63) is 51.7 Å². The van der Waals surface area contributed by atoms with Crippen molar-refractivity contribution in [2.75, 3.05) is 0 Å². The lowest BCUT2D eigenvalue weighted by atomic mass is 10.1. The van der Waals surface area contributed by atoms with Crippen LogP contribution in [0.1, 0.15) is 47.0 Å². The second kappa shape index (κ2) is 6.11. The van der Waals surface area contributed by atoms with E-state index in [-0.39, 0.29) is 23.8 Å². The predicted octanol–water partition coefficient (Wildman–Crippen LogP) is 2.79. The summed E-state index contributed by atoms with van der Waals surface area (Å²) in [5, 5.41) is 5.18. The van der Waals surface area contributed by atoms with Gasteiger partial charge in [-0.15, -0.1) is 11.3 Å². The number of amides is 1. The zero-order chi connectivity index (χ0) is 14.7. The van der Waals surface area contributed by atoms with Gasteiger partial charge in [-0.3, -0.25) is 4.79 Å². The number of hydrogen-bond acceptors (Lipinski definition) is 4. The molecule has 0 spiro atoms. The molecule has 0 radical (unpaired) electrons. The second-order valence-electron chi connectivity index (χ2n) is 4.61. The highest BCUT2D eigenvalue weighted by Gasteiger charge is 2.15. The van der Waals surface area contributed by atoms with Gasteiger partial charge in [0.25, 0.3) is 5.91 Å². The maximum atomic E-state index is 13.1. The maximum Gasteiger partial charge on any atom is 0.271 e. The summed E-state index contributed by atoms with van der Waals surface area (Å²) < 4.78 is 13.1. The quantitative estimate of drug-likeness (QED) is 0.910. The summed E-state index contributed by atoms with van der Waals surface area (Å²) in [4.78, 5) is 16.2. The monoisotopic (exact) mass is 293 g/mol. The summed E-state index contributed by atoms with van der Waals surface area (Å²) in [7, 11) is 0. The molecule has 0 aliphatic heterocycles. The largest absolute Gasteiger partial charge is 0.344 e. The first kappa shape index (κ1) is 14.6. The average molecular weight is 293 g/mol. The van der Waals surface area contributed by atoms with Crippen LogP contribution in [0.4, 0.5) is 4.39 Å². The number of rotatable bonds is 4. The molecule has 2 atom stereocenters. The molecule has 6 heteroatoms. The van der Waals surface area contributed by atoms with E-state index in [4.69, 9.17) is 5.73 Å². The molecule has 20 heavy (non-hydrogen) atoms. The Labute approximate surface area is 120 Å². The molecule has 4 nitrogen and oxygen atoms in total. The number of aromatic nitrogens is 1. The van der Waals surface area contributed by atoms with Crippen molar-refractivity contribution >= 4 is 17.2 Å². The first-order valence-electron chi connectivity index (χ1n) is 6.24.